The van der Waals surface area contributed by atoms with E-state index in [2.05, 4.69) is 52.0 Å². The fourth-order valence-corrected chi connectivity index (χ4v) is 3.27. The van der Waals surface area contributed by atoms with Crippen LogP contribution in [-0.2, 0) is 6.54 Å². The van der Waals surface area contributed by atoms with E-state index in [1.807, 2.05) is 11.3 Å². The summed E-state index contributed by atoms with van der Waals surface area (Å²) >= 11 is 1.81. The van der Waals surface area contributed by atoms with Crippen molar-refractivity contribution in [1.82, 2.24) is 0 Å². The van der Waals surface area contributed by atoms with Crippen LogP contribution in [0, 0.1) is 0 Å². The Balaban J connectivity index is 1.73. The molecule has 1 aliphatic rings. The molecule has 19 heavy (non-hydrogen) atoms. The summed E-state index contributed by atoms with van der Waals surface area (Å²) in [6.45, 7) is 3.30. The van der Waals surface area contributed by atoms with Gasteiger partial charge in [0.1, 0.15) is 0 Å². The molecule has 3 rings (SSSR count). The molecule has 0 unspecified atom stereocenters. The Kier molecular flexibility index (Phi) is 4.04. The van der Waals surface area contributed by atoms with Crippen molar-refractivity contribution in [2.45, 2.75) is 25.8 Å². The topological polar surface area (TPSA) is 15.3 Å². The predicted octanol–water partition coefficient (Wildman–Crippen LogP) is 4.35. The summed E-state index contributed by atoms with van der Waals surface area (Å²) in [5.74, 6) is 0. The number of nitrogens with zero attached hydrogens (tertiary/aromatic N) is 1. The van der Waals surface area contributed by atoms with Gasteiger partial charge in [-0.2, -0.15) is 0 Å². The molecule has 0 bridgehead atoms. The van der Waals surface area contributed by atoms with Gasteiger partial charge in [0.25, 0.3) is 0 Å². The molecule has 0 spiro atoms. The standard InChI is InChI=1S/C16H20N2S/c1-4-10-18(11-5-1)16-9-3-2-8-15(16)17-13-14-7-6-12-19-14/h2-3,6-9,12,17H,1,4-5,10-11,13H2. The maximum atomic E-state index is 3.58. The first-order valence-electron chi connectivity index (χ1n) is 7.04. The first-order valence-corrected chi connectivity index (χ1v) is 7.92. The van der Waals surface area contributed by atoms with Crippen LogP contribution < -0.4 is 10.2 Å². The number of thiophene rings is 1. The summed E-state index contributed by atoms with van der Waals surface area (Å²) < 4.78 is 0. The first kappa shape index (κ1) is 12.5. The van der Waals surface area contributed by atoms with Gasteiger partial charge in [-0.05, 0) is 42.8 Å². The molecule has 1 fully saturated rings. The molecule has 1 saturated heterocycles. The zero-order valence-corrected chi connectivity index (χ0v) is 12.0. The maximum absolute atomic E-state index is 3.58. The van der Waals surface area contributed by atoms with Crippen LogP contribution in [0.1, 0.15) is 24.1 Å². The van der Waals surface area contributed by atoms with Gasteiger partial charge in [-0.15, -0.1) is 11.3 Å². The smallest absolute Gasteiger partial charge is 0.0602 e. The minimum absolute atomic E-state index is 0.919. The third-order valence-electron chi connectivity index (χ3n) is 3.63. The number of para-hydroxylation sites is 2. The van der Waals surface area contributed by atoms with Crippen molar-refractivity contribution in [3.05, 3.63) is 46.7 Å². The zero-order chi connectivity index (χ0) is 12.9. The van der Waals surface area contributed by atoms with Gasteiger partial charge in [0.2, 0.25) is 0 Å². The van der Waals surface area contributed by atoms with Crippen LogP contribution >= 0.6 is 11.3 Å². The van der Waals surface area contributed by atoms with Crippen molar-refractivity contribution in [2.24, 2.45) is 0 Å². The van der Waals surface area contributed by atoms with E-state index in [0.29, 0.717) is 0 Å². The largest absolute Gasteiger partial charge is 0.378 e. The SMILES string of the molecule is c1csc(CNc2ccccc2N2CCCCC2)c1. The maximum Gasteiger partial charge on any atom is 0.0602 e. The quantitative estimate of drug-likeness (QED) is 0.890. The Labute approximate surface area is 119 Å². The molecule has 0 aliphatic carbocycles. The van der Waals surface area contributed by atoms with Crippen LogP contribution in [0.25, 0.3) is 0 Å². The van der Waals surface area contributed by atoms with E-state index >= 15 is 0 Å². The summed E-state index contributed by atoms with van der Waals surface area (Å²) in [4.78, 5) is 3.90. The van der Waals surface area contributed by atoms with Crippen LogP contribution in [-0.4, -0.2) is 13.1 Å². The highest BCUT2D eigenvalue weighted by Crippen LogP contribution is 2.28. The van der Waals surface area contributed by atoms with Crippen LogP contribution in [0.3, 0.4) is 0 Å². The molecule has 2 nitrogen and oxygen atoms in total. The Morgan fingerprint density at radius 1 is 1.00 bits per heavy atom. The summed E-state index contributed by atoms with van der Waals surface area (Å²) in [6.07, 6.45) is 4.01. The van der Waals surface area contributed by atoms with Crippen molar-refractivity contribution in [1.29, 1.82) is 0 Å². The molecule has 0 amide bonds. The van der Waals surface area contributed by atoms with Crippen molar-refractivity contribution in [2.75, 3.05) is 23.3 Å². The minimum atomic E-state index is 0.919. The Morgan fingerprint density at radius 2 is 1.84 bits per heavy atom. The summed E-state index contributed by atoms with van der Waals surface area (Å²) in [5.41, 5.74) is 2.62. The molecular formula is C16H20N2S. The highest BCUT2D eigenvalue weighted by atomic mass is 32.1. The van der Waals surface area contributed by atoms with E-state index in [4.69, 9.17) is 0 Å². The lowest BCUT2D eigenvalue weighted by Crippen LogP contribution is -2.30. The second-order valence-corrected chi connectivity index (χ2v) is 6.03. The van der Waals surface area contributed by atoms with Gasteiger partial charge < -0.3 is 10.2 Å². The van der Waals surface area contributed by atoms with Crippen molar-refractivity contribution in [3.8, 4) is 0 Å². The number of benzene rings is 1. The molecule has 100 valence electrons. The molecule has 1 N–H and O–H groups in total. The lowest BCUT2D eigenvalue weighted by Gasteiger charge is -2.30. The van der Waals surface area contributed by atoms with E-state index in [9.17, 15) is 0 Å². The van der Waals surface area contributed by atoms with Crippen molar-refractivity contribution < 1.29 is 0 Å². The molecule has 0 atom stereocenters. The summed E-state index contributed by atoms with van der Waals surface area (Å²) in [5, 5.41) is 5.71. The highest BCUT2D eigenvalue weighted by Gasteiger charge is 2.13. The number of piperidine rings is 1. The number of anilines is 2. The Bertz CT molecular complexity index is 501. The Hall–Kier alpha value is -1.48. The third kappa shape index (κ3) is 3.10. The van der Waals surface area contributed by atoms with E-state index in [-0.39, 0.29) is 0 Å². The van der Waals surface area contributed by atoms with Gasteiger partial charge in [0.15, 0.2) is 0 Å². The molecular weight excluding hydrogens is 252 g/mol. The van der Waals surface area contributed by atoms with Crippen LogP contribution in [0.2, 0.25) is 0 Å². The van der Waals surface area contributed by atoms with Gasteiger partial charge in [0.05, 0.1) is 11.4 Å². The van der Waals surface area contributed by atoms with E-state index in [1.54, 1.807) is 0 Å². The third-order valence-corrected chi connectivity index (χ3v) is 4.51. The predicted molar refractivity (Wildman–Crippen MR) is 84.2 cm³/mol. The Morgan fingerprint density at radius 3 is 2.63 bits per heavy atom. The fraction of sp³-hybridized carbons (Fsp3) is 0.375. The van der Waals surface area contributed by atoms with Gasteiger partial charge in [0, 0.05) is 24.5 Å². The van der Waals surface area contributed by atoms with Crippen LogP contribution in [0.5, 0.6) is 0 Å². The van der Waals surface area contributed by atoms with Crippen molar-refractivity contribution in [3.63, 3.8) is 0 Å². The average Bonchev–Trinajstić information content (AvgIpc) is 3.00. The lowest BCUT2D eigenvalue weighted by molar-refractivity contribution is 0.578. The fourth-order valence-electron chi connectivity index (χ4n) is 2.63. The molecule has 1 aliphatic heterocycles. The molecule has 0 saturated carbocycles. The normalized spacial score (nSPS) is 15.5. The zero-order valence-electron chi connectivity index (χ0n) is 11.1. The molecule has 1 aromatic carbocycles. The van der Waals surface area contributed by atoms with E-state index in [0.717, 1.165) is 6.54 Å². The lowest BCUT2D eigenvalue weighted by atomic mass is 10.1. The van der Waals surface area contributed by atoms with E-state index in [1.165, 1.54) is 48.6 Å². The minimum Gasteiger partial charge on any atom is -0.378 e. The number of hydrogen-bond acceptors (Lipinski definition) is 3. The van der Waals surface area contributed by atoms with Crippen molar-refractivity contribution >= 4 is 22.7 Å². The summed E-state index contributed by atoms with van der Waals surface area (Å²) in [7, 11) is 0. The molecule has 1 aromatic heterocycles. The van der Waals surface area contributed by atoms with Crippen LogP contribution in [0.15, 0.2) is 41.8 Å². The number of hydrogen-bond donors (Lipinski definition) is 1. The first-order chi connectivity index (χ1) is 9.43. The van der Waals surface area contributed by atoms with Gasteiger partial charge >= 0.3 is 0 Å². The number of rotatable bonds is 4. The summed E-state index contributed by atoms with van der Waals surface area (Å²) in [6, 6.07) is 13.0. The van der Waals surface area contributed by atoms with Gasteiger partial charge in [-0.25, -0.2) is 0 Å². The second-order valence-electron chi connectivity index (χ2n) is 5.00. The number of nitrogens with one attached hydrogen (secondary N) is 1. The molecule has 0 radical (unpaired) electrons. The molecule has 2 aromatic rings. The van der Waals surface area contributed by atoms with E-state index < -0.39 is 0 Å². The van der Waals surface area contributed by atoms with Gasteiger partial charge in [-0.3, -0.25) is 0 Å². The molecule has 2 heterocycles. The monoisotopic (exact) mass is 272 g/mol. The van der Waals surface area contributed by atoms with Crippen LogP contribution in [0.4, 0.5) is 11.4 Å². The average molecular weight is 272 g/mol. The molecule has 3 heteroatoms. The second kappa shape index (κ2) is 6.11. The highest BCUT2D eigenvalue weighted by molar-refractivity contribution is 7.09. The van der Waals surface area contributed by atoms with Gasteiger partial charge in [-0.1, -0.05) is 18.2 Å².